The van der Waals surface area contributed by atoms with Crippen LogP contribution in [-0.2, 0) is 0 Å². The van der Waals surface area contributed by atoms with Gasteiger partial charge in [0.25, 0.3) is 5.91 Å². The summed E-state index contributed by atoms with van der Waals surface area (Å²) in [5.74, 6) is -0.905. The van der Waals surface area contributed by atoms with Gasteiger partial charge in [0.1, 0.15) is 17.3 Å². The van der Waals surface area contributed by atoms with Crippen molar-refractivity contribution in [3.63, 3.8) is 0 Å². The molecule has 6 N–H and O–H groups in total. The number of nitrogens with zero attached hydrogens (tertiary/aromatic N) is 4. The summed E-state index contributed by atoms with van der Waals surface area (Å²) >= 11 is 0. The van der Waals surface area contributed by atoms with Crippen molar-refractivity contribution in [3.05, 3.63) is 68.7 Å². The number of anilines is 2. The van der Waals surface area contributed by atoms with Crippen LogP contribution < -0.4 is 32.3 Å². The number of aromatic hydroxyl groups is 1. The molecule has 196 valence electrons. The van der Waals surface area contributed by atoms with Gasteiger partial charge in [-0.05, 0) is 56.5 Å². The Morgan fingerprint density at radius 1 is 1.24 bits per heavy atom. The molecule has 13 heteroatoms. The zero-order valence-corrected chi connectivity index (χ0v) is 20.3. The monoisotopic (exact) mass is 519 g/mol. The maximum atomic E-state index is 15.1. The summed E-state index contributed by atoms with van der Waals surface area (Å²) in [6.07, 6.45) is 6.88. The summed E-state index contributed by atoms with van der Waals surface area (Å²) in [6, 6.07) is 6.14. The van der Waals surface area contributed by atoms with Gasteiger partial charge in [-0.15, -0.1) is 0 Å². The number of hydrogen-bond donors (Lipinski definition) is 6. The van der Waals surface area contributed by atoms with Crippen LogP contribution in [0.4, 0.5) is 15.9 Å². The number of imidazole rings is 1. The quantitative estimate of drug-likeness (QED) is 0.215. The minimum absolute atomic E-state index is 0.0225. The molecule has 0 spiro atoms. The zero-order chi connectivity index (χ0) is 26.2. The molecule has 6 rings (SSSR count). The minimum atomic E-state index is -0.600. The number of amides is 1. The molecule has 2 aliphatic rings. The van der Waals surface area contributed by atoms with E-state index < -0.39 is 11.5 Å². The van der Waals surface area contributed by atoms with E-state index in [-0.39, 0.29) is 40.8 Å². The Morgan fingerprint density at radius 3 is 2.82 bits per heavy atom. The number of benzene rings is 1. The Hall–Kier alpha value is -4.52. The zero-order valence-electron chi connectivity index (χ0n) is 20.3. The van der Waals surface area contributed by atoms with Gasteiger partial charge in [-0.1, -0.05) is 0 Å². The molecule has 1 saturated heterocycles. The SMILES string of the molecule is O=C(NC1CCCNC1)c1ccc(Nc2cc(=NC3CC3)n3nc/c(=C/c4[nH]c(=O)[nH]c4O)c3n2)c(F)c1. The third-order valence-electron chi connectivity index (χ3n) is 6.50. The molecule has 0 bridgehead atoms. The molecule has 1 aliphatic heterocycles. The van der Waals surface area contributed by atoms with Crippen molar-refractivity contribution in [3.8, 4) is 5.88 Å². The molecule has 4 aromatic rings. The number of piperidine rings is 1. The van der Waals surface area contributed by atoms with Crippen LogP contribution in [0.5, 0.6) is 5.88 Å². The summed E-state index contributed by atoms with van der Waals surface area (Å²) in [4.78, 5) is 38.2. The molecule has 0 radical (unpaired) electrons. The number of carbonyl (C=O) groups is 1. The first-order valence-corrected chi connectivity index (χ1v) is 12.5. The molecule has 4 heterocycles. The summed E-state index contributed by atoms with van der Waals surface area (Å²) in [5.41, 5.74) is 0.937. The lowest BCUT2D eigenvalue weighted by molar-refractivity contribution is 0.0930. The van der Waals surface area contributed by atoms with Crippen LogP contribution in [0, 0.1) is 5.82 Å². The van der Waals surface area contributed by atoms with Crippen molar-refractivity contribution in [2.75, 3.05) is 18.4 Å². The topological polar surface area (TPSA) is 165 Å². The van der Waals surface area contributed by atoms with Crippen LogP contribution in [0.1, 0.15) is 41.7 Å². The Balaban J connectivity index is 1.32. The van der Waals surface area contributed by atoms with Gasteiger partial charge >= 0.3 is 5.69 Å². The second kappa shape index (κ2) is 9.74. The van der Waals surface area contributed by atoms with Crippen molar-refractivity contribution in [1.29, 1.82) is 0 Å². The fraction of sp³-hybridized carbons (Fsp3) is 0.320. The number of H-pyrrole nitrogens is 2. The van der Waals surface area contributed by atoms with Crippen LogP contribution in [-0.4, -0.2) is 60.8 Å². The van der Waals surface area contributed by atoms with Gasteiger partial charge in [-0.3, -0.25) is 14.8 Å². The molecule has 38 heavy (non-hydrogen) atoms. The number of carbonyl (C=O) groups excluding carboxylic acids is 1. The van der Waals surface area contributed by atoms with Gasteiger partial charge in [0.2, 0.25) is 5.88 Å². The maximum Gasteiger partial charge on any atom is 0.326 e. The van der Waals surface area contributed by atoms with Crippen molar-refractivity contribution < 1.29 is 14.3 Å². The van der Waals surface area contributed by atoms with Crippen molar-refractivity contribution >= 4 is 29.1 Å². The number of rotatable bonds is 6. The van der Waals surface area contributed by atoms with E-state index in [9.17, 15) is 14.7 Å². The normalized spacial score (nSPS) is 18.7. The highest BCUT2D eigenvalue weighted by Gasteiger charge is 2.21. The molecule has 1 unspecified atom stereocenters. The molecule has 2 fully saturated rings. The van der Waals surface area contributed by atoms with E-state index in [2.05, 4.69) is 36.0 Å². The van der Waals surface area contributed by atoms with Crippen molar-refractivity contribution in [2.45, 2.75) is 37.8 Å². The molecule has 1 amide bonds. The molecular formula is C25H26FN9O3. The predicted octanol–water partition coefficient (Wildman–Crippen LogP) is 0.427. The number of halogens is 1. The Labute approximate surface area is 214 Å². The second-order valence-electron chi connectivity index (χ2n) is 9.52. The Morgan fingerprint density at radius 2 is 2.11 bits per heavy atom. The fourth-order valence-corrected chi connectivity index (χ4v) is 4.40. The maximum absolute atomic E-state index is 15.1. The van der Waals surface area contributed by atoms with Gasteiger partial charge in [0.15, 0.2) is 11.1 Å². The Kier molecular flexibility index (Phi) is 6.12. The van der Waals surface area contributed by atoms with E-state index in [1.54, 1.807) is 22.8 Å². The van der Waals surface area contributed by atoms with Crippen LogP contribution in [0.25, 0.3) is 11.7 Å². The van der Waals surface area contributed by atoms with E-state index >= 15 is 4.39 Å². The fourth-order valence-electron chi connectivity index (χ4n) is 4.40. The number of aromatic nitrogens is 5. The molecular weight excluding hydrogens is 493 g/mol. The van der Waals surface area contributed by atoms with Crippen LogP contribution >= 0.6 is 0 Å². The first kappa shape index (κ1) is 23.9. The molecule has 12 nitrogen and oxygen atoms in total. The highest BCUT2D eigenvalue weighted by molar-refractivity contribution is 5.94. The van der Waals surface area contributed by atoms with Crippen LogP contribution in [0.15, 0.2) is 40.2 Å². The third kappa shape index (κ3) is 5.00. The van der Waals surface area contributed by atoms with Crippen molar-refractivity contribution in [2.24, 2.45) is 4.99 Å². The van der Waals surface area contributed by atoms with Gasteiger partial charge in [0.05, 0.1) is 17.9 Å². The number of fused-ring (bicyclic) bond motifs is 1. The average molecular weight is 520 g/mol. The molecule has 1 saturated carbocycles. The lowest BCUT2D eigenvalue weighted by Gasteiger charge is -2.23. The third-order valence-corrected chi connectivity index (χ3v) is 6.50. The van der Waals surface area contributed by atoms with Gasteiger partial charge in [-0.25, -0.2) is 14.2 Å². The summed E-state index contributed by atoms with van der Waals surface area (Å²) < 4.78 is 16.6. The summed E-state index contributed by atoms with van der Waals surface area (Å²) in [6.45, 7) is 1.63. The number of hydrogen-bond acceptors (Lipinski definition) is 8. The van der Waals surface area contributed by atoms with Crippen LogP contribution in [0.2, 0.25) is 0 Å². The first-order valence-electron chi connectivity index (χ1n) is 12.5. The summed E-state index contributed by atoms with van der Waals surface area (Å²) in [7, 11) is 0. The largest absolute Gasteiger partial charge is 0.493 e. The molecule has 3 aromatic heterocycles. The molecule has 1 aromatic carbocycles. The standard InChI is InChI=1S/C25H26FN9O3/c26-17-8-13(23(36)30-16-2-1-7-27-12-16)3-6-18(17)31-20-10-21(29-15-4-5-15)35-22(33-20)14(11-28-35)9-19-24(37)34-25(38)32-19/h3,6,8-11,15-16,27,31,37H,1-2,4-5,7,12H2,(H,30,36)(H2,32,34,38)/b14-9-,29-21?. The van der Waals surface area contributed by atoms with E-state index in [1.807, 2.05) is 0 Å². The summed E-state index contributed by atoms with van der Waals surface area (Å²) in [5, 5.41) is 24.0. The van der Waals surface area contributed by atoms with E-state index in [0.29, 0.717) is 28.7 Å². The predicted molar refractivity (Wildman–Crippen MR) is 136 cm³/mol. The van der Waals surface area contributed by atoms with Crippen molar-refractivity contribution in [1.82, 2.24) is 35.2 Å². The smallest absolute Gasteiger partial charge is 0.326 e. The molecule has 1 aliphatic carbocycles. The highest BCUT2D eigenvalue weighted by atomic mass is 19.1. The van der Waals surface area contributed by atoms with E-state index in [4.69, 9.17) is 4.99 Å². The van der Waals surface area contributed by atoms with Gasteiger partial charge < -0.3 is 26.0 Å². The Bertz CT molecular complexity index is 1700. The number of nitrogens with one attached hydrogen (secondary N) is 5. The minimum Gasteiger partial charge on any atom is -0.493 e. The van der Waals surface area contributed by atoms with Gasteiger partial charge in [-0.2, -0.15) is 9.61 Å². The van der Waals surface area contributed by atoms with Gasteiger partial charge in [0, 0.05) is 29.4 Å². The number of aromatic amines is 2. The lowest BCUT2D eigenvalue weighted by atomic mass is 10.1. The van der Waals surface area contributed by atoms with E-state index in [1.165, 1.54) is 18.2 Å². The lowest BCUT2D eigenvalue weighted by Crippen LogP contribution is -2.45. The second-order valence-corrected chi connectivity index (χ2v) is 9.52. The molecule has 1 atom stereocenters. The first-order chi connectivity index (χ1) is 18.4. The van der Waals surface area contributed by atoms with Crippen LogP contribution in [0.3, 0.4) is 0 Å². The highest BCUT2D eigenvalue weighted by Crippen LogP contribution is 2.23. The van der Waals surface area contributed by atoms with E-state index in [0.717, 1.165) is 32.2 Å². The average Bonchev–Trinajstić information content (AvgIpc) is 3.54.